The molecule has 0 saturated heterocycles. The predicted octanol–water partition coefficient (Wildman–Crippen LogP) is 3.94. The monoisotopic (exact) mass is 572 g/mol. The number of nitrogens with one attached hydrogen (secondary N) is 2. The number of ether oxygens (including phenoxy) is 1. The van der Waals surface area contributed by atoms with E-state index in [-0.39, 0.29) is 19.4 Å². The third kappa shape index (κ3) is 8.18. The summed E-state index contributed by atoms with van der Waals surface area (Å²) in [6, 6.07) is 23.6. The fourth-order valence-corrected chi connectivity index (χ4v) is 3.95. The van der Waals surface area contributed by atoms with Crippen molar-refractivity contribution in [3.05, 3.63) is 105 Å². The van der Waals surface area contributed by atoms with Gasteiger partial charge in [0.25, 0.3) is 0 Å². The van der Waals surface area contributed by atoms with Crippen LogP contribution >= 0.6 is 22.6 Å². The van der Waals surface area contributed by atoms with E-state index in [9.17, 15) is 19.5 Å². The lowest BCUT2D eigenvalue weighted by Gasteiger charge is -2.21. The Bertz CT molecular complexity index is 1110. The molecule has 0 spiro atoms. The zero-order valence-corrected chi connectivity index (χ0v) is 20.5. The van der Waals surface area contributed by atoms with Crippen molar-refractivity contribution in [2.75, 3.05) is 0 Å². The van der Waals surface area contributed by atoms with Gasteiger partial charge < -0.3 is 20.5 Å². The van der Waals surface area contributed by atoms with Gasteiger partial charge in [-0.25, -0.2) is 9.59 Å². The maximum absolute atomic E-state index is 13.1. The molecule has 3 aromatic rings. The first-order chi connectivity index (χ1) is 16.4. The van der Waals surface area contributed by atoms with Crippen molar-refractivity contribution in [1.82, 2.24) is 10.6 Å². The van der Waals surface area contributed by atoms with Crippen molar-refractivity contribution in [2.24, 2.45) is 0 Å². The van der Waals surface area contributed by atoms with Crippen molar-refractivity contribution in [3.8, 4) is 0 Å². The highest BCUT2D eigenvalue weighted by atomic mass is 127. The molecule has 0 fully saturated rings. The quantitative estimate of drug-likeness (QED) is 0.320. The number of carboxylic acid groups (broad SMARTS) is 1. The number of aliphatic carboxylic acids is 1. The van der Waals surface area contributed by atoms with Crippen molar-refractivity contribution in [1.29, 1.82) is 0 Å². The first-order valence-electron chi connectivity index (χ1n) is 10.7. The van der Waals surface area contributed by atoms with Gasteiger partial charge in [0.2, 0.25) is 5.91 Å². The normalized spacial score (nSPS) is 12.3. The highest BCUT2D eigenvalue weighted by Crippen LogP contribution is 2.11. The Labute approximate surface area is 211 Å². The average molecular weight is 572 g/mol. The molecule has 0 unspecified atom stereocenters. The Kier molecular flexibility index (Phi) is 9.45. The summed E-state index contributed by atoms with van der Waals surface area (Å²) in [5.41, 5.74) is 2.41. The molecule has 2 amide bonds. The topological polar surface area (TPSA) is 105 Å². The van der Waals surface area contributed by atoms with Crippen LogP contribution in [-0.4, -0.2) is 35.2 Å². The molecule has 0 radical (unpaired) electrons. The van der Waals surface area contributed by atoms with E-state index in [1.807, 2.05) is 84.9 Å². The number of benzene rings is 3. The van der Waals surface area contributed by atoms with E-state index in [4.69, 9.17) is 4.74 Å². The maximum atomic E-state index is 13.1. The molecule has 0 aliphatic heterocycles. The van der Waals surface area contributed by atoms with Crippen LogP contribution in [0.1, 0.15) is 16.7 Å². The van der Waals surface area contributed by atoms with Gasteiger partial charge in [0.05, 0.1) is 0 Å². The number of carbonyl (C=O) groups excluding carboxylic acids is 2. The van der Waals surface area contributed by atoms with Crippen LogP contribution in [0.3, 0.4) is 0 Å². The van der Waals surface area contributed by atoms with Gasteiger partial charge in [-0.3, -0.25) is 4.79 Å². The first-order valence-corrected chi connectivity index (χ1v) is 11.8. The summed E-state index contributed by atoms with van der Waals surface area (Å²) in [6.45, 7) is 0.0523. The standard InChI is InChI=1S/C26H25IN2O5/c27-21-13-7-12-20(14-21)16-23(25(31)32)28-24(30)22(15-18-8-3-1-4-9-18)29-26(33)34-17-19-10-5-2-6-11-19/h1-14,22-23H,15-17H2,(H,28,30)(H,29,33)(H,31,32)/t22-,23-/m1/s1. The molecule has 176 valence electrons. The van der Waals surface area contributed by atoms with Crippen LogP contribution in [0.25, 0.3) is 0 Å². The Balaban J connectivity index is 1.69. The van der Waals surface area contributed by atoms with Gasteiger partial charge in [-0.05, 0) is 51.4 Å². The molecular weight excluding hydrogens is 547 g/mol. The highest BCUT2D eigenvalue weighted by Gasteiger charge is 2.27. The zero-order valence-electron chi connectivity index (χ0n) is 18.3. The molecule has 34 heavy (non-hydrogen) atoms. The number of halogens is 1. The summed E-state index contributed by atoms with van der Waals surface area (Å²) in [6.07, 6.45) is -0.457. The van der Waals surface area contributed by atoms with E-state index in [1.165, 1.54) is 0 Å². The minimum absolute atomic E-state index is 0.0523. The average Bonchev–Trinajstić information content (AvgIpc) is 2.83. The van der Waals surface area contributed by atoms with Gasteiger partial charge >= 0.3 is 12.1 Å². The van der Waals surface area contributed by atoms with Crippen LogP contribution in [0.5, 0.6) is 0 Å². The van der Waals surface area contributed by atoms with E-state index in [1.54, 1.807) is 0 Å². The molecule has 0 aliphatic rings. The summed E-state index contributed by atoms with van der Waals surface area (Å²) >= 11 is 2.15. The summed E-state index contributed by atoms with van der Waals surface area (Å²) in [5, 5.41) is 14.8. The molecular formula is C26H25IN2O5. The van der Waals surface area contributed by atoms with Gasteiger partial charge in [0, 0.05) is 16.4 Å². The second kappa shape index (κ2) is 12.7. The third-order valence-corrected chi connectivity index (χ3v) is 5.72. The minimum Gasteiger partial charge on any atom is -0.480 e. The number of rotatable bonds is 10. The molecule has 0 aromatic heterocycles. The zero-order chi connectivity index (χ0) is 24.3. The maximum Gasteiger partial charge on any atom is 0.408 e. The first kappa shape index (κ1) is 25.2. The Morgan fingerprint density at radius 2 is 1.35 bits per heavy atom. The largest absolute Gasteiger partial charge is 0.480 e. The molecule has 2 atom stereocenters. The van der Waals surface area contributed by atoms with Crippen LogP contribution in [0, 0.1) is 3.57 Å². The van der Waals surface area contributed by atoms with E-state index in [0.717, 1.165) is 20.3 Å². The number of carboxylic acids is 1. The van der Waals surface area contributed by atoms with Gasteiger partial charge in [-0.15, -0.1) is 0 Å². The number of carbonyl (C=O) groups is 3. The van der Waals surface area contributed by atoms with Crippen LogP contribution < -0.4 is 10.6 Å². The fourth-order valence-electron chi connectivity index (χ4n) is 3.34. The second-order valence-corrected chi connectivity index (χ2v) is 8.93. The number of hydrogen-bond donors (Lipinski definition) is 3. The molecule has 3 rings (SSSR count). The van der Waals surface area contributed by atoms with Crippen LogP contribution in [0.4, 0.5) is 4.79 Å². The van der Waals surface area contributed by atoms with Crippen LogP contribution in [0.2, 0.25) is 0 Å². The summed E-state index contributed by atoms with van der Waals surface area (Å²) in [7, 11) is 0. The Morgan fingerprint density at radius 3 is 1.97 bits per heavy atom. The molecule has 3 aromatic carbocycles. The number of amides is 2. The SMILES string of the molecule is O=C(N[C@H](Cc1ccccc1)C(=O)N[C@H](Cc1cccc(I)c1)C(=O)O)OCc1ccccc1. The molecule has 0 aliphatic carbocycles. The number of alkyl carbamates (subject to hydrolysis) is 1. The lowest BCUT2D eigenvalue weighted by Crippen LogP contribution is -2.53. The van der Waals surface area contributed by atoms with E-state index < -0.39 is 30.1 Å². The van der Waals surface area contributed by atoms with Gasteiger partial charge in [0.1, 0.15) is 18.7 Å². The second-order valence-electron chi connectivity index (χ2n) is 7.68. The third-order valence-electron chi connectivity index (χ3n) is 5.05. The lowest BCUT2D eigenvalue weighted by molar-refractivity contribution is -0.142. The molecule has 3 N–H and O–H groups in total. The van der Waals surface area contributed by atoms with E-state index >= 15 is 0 Å². The smallest absolute Gasteiger partial charge is 0.408 e. The molecule has 0 heterocycles. The van der Waals surface area contributed by atoms with Crippen molar-refractivity contribution >= 4 is 40.6 Å². The van der Waals surface area contributed by atoms with Crippen molar-refractivity contribution in [2.45, 2.75) is 31.5 Å². The Morgan fingerprint density at radius 1 is 0.765 bits per heavy atom. The Hall–Kier alpha value is -3.40. The minimum atomic E-state index is -1.16. The van der Waals surface area contributed by atoms with Gasteiger partial charge in [-0.1, -0.05) is 72.8 Å². The molecule has 7 nitrogen and oxygen atoms in total. The fraction of sp³-hybridized carbons (Fsp3) is 0.192. The highest BCUT2D eigenvalue weighted by molar-refractivity contribution is 14.1. The van der Waals surface area contributed by atoms with Crippen LogP contribution in [0.15, 0.2) is 84.9 Å². The predicted molar refractivity (Wildman–Crippen MR) is 136 cm³/mol. The molecule has 0 bridgehead atoms. The molecule has 8 heteroatoms. The van der Waals surface area contributed by atoms with E-state index in [0.29, 0.717) is 0 Å². The number of hydrogen-bond acceptors (Lipinski definition) is 4. The van der Waals surface area contributed by atoms with Gasteiger partial charge in [0.15, 0.2) is 0 Å². The summed E-state index contributed by atoms with van der Waals surface area (Å²) in [4.78, 5) is 37.4. The molecule has 0 saturated carbocycles. The lowest BCUT2D eigenvalue weighted by atomic mass is 10.0. The summed E-state index contributed by atoms with van der Waals surface area (Å²) in [5.74, 6) is -1.75. The van der Waals surface area contributed by atoms with Crippen molar-refractivity contribution < 1.29 is 24.2 Å². The van der Waals surface area contributed by atoms with Gasteiger partial charge in [-0.2, -0.15) is 0 Å². The summed E-state index contributed by atoms with van der Waals surface area (Å²) < 4.78 is 6.23. The van der Waals surface area contributed by atoms with Crippen molar-refractivity contribution in [3.63, 3.8) is 0 Å². The van der Waals surface area contributed by atoms with E-state index in [2.05, 4.69) is 33.2 Å². The van der Waals surface area contributed by atoms with Crippen LogP contribution in [-0.2, 0) is 33.8 Å².